The molecule has 0 radical (unpaired) electrons. The van der Waals surface area contributed by atoms with Gasteiger partial charge in [0.2, 0.25) is 5.91 Å². The second-order valence-corrected chi connectivity index (χ2v) is 6.92. The van der Waals surface area contributed by atoms with Crippen LogP contribution in [0.15, 0.2) is 35.5 Å². The van der Waals surface area contributed by atoms with Crippen molar-refractivity contribution in [1.82, 2.24) is 20.1 Å². The monoisotopic (exact) mass is 332 g/mol. The van der Waals surface area contributed by atoms with E-state index < -0.39 is 0 Å². The van der Waals surface area contributed by atoms with Crippen LogP contribution in [0.3, 0.4) is 0 Å². The first-order chi connectivity index (χ1) is 11.1. The number of benzene rings is 1. The molecule has 23 heavy (non-hydrogen) atoms. The molecule has 0 aliphatic carbocycles. The molecular formula is C17H24N4OS. The van der Waals surface area contributed by atoms with Crippen LogP contribution in [0.2, 0.25) is 0 Å². The van der Waals surface area contributed by atoms with E-state index in [0.717, 1.165) is 29.5 Å². The molecule has 0 aliphatic rings. The Hall–Kier alpha value is -1.82. The Morgan fingerprint density at radius 3 is 2.70 bits per heavy atom. The van der Waals surface area contributed by atoms with Crippen LogP contribution in [0.4, 0.5) is 0 Å². The number of nitrogens with one attached hydrogen (secondary N) is 1. The second kappa shape index (κ2) is 8.72. The van der Waals surface area contributed by atoms with Crippen molar-refractivity contribution < 1.29 is 4.79 Å². The number of thioether (sulfide) groups is 1. The summed E-state index contributed by atoms with van der Waals surface area (Å²) < 4.78 is 1.97. The van der Waals surface area contributed by atoms with Crippen molar-refractivity contribution in [1.29, 1.82) is 0 Å². The summed E-state index contributed by atoms with van der Waals surface area (Å²) in [6.45, 7) is 5.06. The number of hydrogen-bond acceptors (Lipinski definition) is 4. The number of carbonyl (C=O) groups is 1. The molecule has 1 heterocycles. The van der Waals surface area contributed by atoms with Crippen LogP contribution in [0.1, 0.15) is 26.7 Å². The molecule has 2 rings (SSSR count). The lowest BCUT2D eigenvalue weighted by Crippen LogP contribution is -2.25. The predicted octanol–water partition coefficient (Wildman–Crippen LogP) is 3.13. The largest absolute Gasteiger partial charge is 0.356 e. The van der Waals surface area contributed by atoms with Crippen molar-refractivity contribution in [3.8, 4) is 11.4 Å². The van der Waals surface area contributed by atoms with E-state index >= 15 is 0 Å². The molecule has 0 bridgehead atoms. The molecule has 0 saturated carbocycles. The van der Waals surface area contributed by atoms with Crippen molar-refractivity contribution in [2.45, 2.75) is 31.8 Å². The summed E-state index contributed by atoms with van der Waals surface area (Å²) in [6.07, 6.45) is 1.51. The Morgan fingerprint density at radius 1 is 1.26 bits per heavy atom. The van der Waals surface area contributed by atoms with Gasteiger partial charge in [-0.05, 0) is 12.3 Å². The molecule has 2 aromatic rings. The van der Waals surface area contributed by atoms with Crippen LogP contribution in [-0.2, 0) is 11.8 Å². The van der Waals surface area contributed by atoms with Gasteiger partial charge in [0.25, 0.3) is 0 Å². The molecular weight excluding hydrogens is 308 g/mol. The standard InChI is InChI=1S/C17H24N4OS/c1-13(2)9-11-18-15(22)10-12-23-17-20-19-16(21(17)3)14-7-5-4-6-8-14/h4-8,13H,9-12H2,1-3H3,(H,18,22). The first-order valence-corrected chi connectivity index (χ1v) is 8.90. The lowest BCUT2D eigenvalue weighted by atomic mass is 10.1. The number of rotatable bonds is 8. The minimum absolute atomic E-state index is 0.101. The maximum absolute atomic E-state index is 11.8. The van der Waals surface area contributed by atoms with Gasteiger partial charge >= 0.3 is 0 Å². The van der Waals surface area contributed by atoms with E-state index in [2.05, 4.69) is 29.4 Å². The van der Waals surface area contributed by atoms with Crippen molar-refractivity contribution in [2.75, 3.05) is 12.3 Å². The number of amides is 1. The van der Waals surface area contributed by atoms with Crippen molar-refractivity contribution in [2.24, 2.45) is 13.0 Å². The van der Waals surface area contributed by atoms with Crippen LogP contribution < -0.4 is 5.32 Å². The fourth-order valence-electron chi connectivity index (χ4n) is 2.10. The lowest BCUT2D eigenvalue weighted by molar-refractivity contribution is -0.120. The van der Waals surface area contributed by atoms with Gasteiger partial charge in [0.1, 0.15) is 0 Å². The van der Waals surface area contributed by atoms with Crippen molar-refractivity contribution >= 4 is 17.7 Å². The molecule has 1 aromatic heterocycles. The zero-order chi connectivity index (χ0) is 16.7. The molecule has 0 saturated heterocycles. The molecule has 0 atom stereocenters. The summed E-state index contributed by atoms with van der Waals surface area (Å²) in [6, 6.07) is 9.98. The summed E-state index contributed by atoms with van der Waals surface area (Å²) in [4.78, 5) is 11.8. The van der Waals surface area contributed by atoms with Gasteiger partial charge in [-0.1, -0.05) is 55.9 Å². The number of nitrogens with zero attached hydrogens (tertiary/aromatic N) is 3. The van der Waals surface area contributed by atoms with Gasteiger partial charge in [-0.25, -0.2) is 0 Å². The third-order valence-electron chi connectivity index (χ3n) is 3.47. The highest BCUT2D eigenvalue weighted by molar-refractivity contribution is 7.99. The van der Waals surface area contributed by atoms with Gasteiger partial charge in [0, 0.05) is 31.3 Å². The highest BCUT2D eigenvalue weighted by Gasteiger charge is 2.11. The molecule has 1 N–H and O–H groups in total. The van der Waals surface area contributed by atoms with E-state index in [0.29, 0.717) is 18.1 Å². The van der Waals surface area contributed by atoms with Gasteiger partial charge in [-0.2, -0.15) is 0 Å². The van der Waals surface area contributed by atoms with Crippen LogP contribution in [-0.4, -0.2) is 33.0 Å². The molecule has 0 fully saturated rings. The van der Waals surface area contributed by atoms with Crippen LogP contribution in [0.5, 0.6) is 0 Å². The molecule has 1 amide bonds. The Morgan fingerprint density at radius 2 is 2.00 bits per heavy atom. The highest BCUT2D eigenvalue weighted by atomic mass is 32.2. The molecule has 124 valence electrons. The maximum Gasteiger partial charge on any atom is 0.220 e. The molecule has 6 heteroatoms. The van der Waals surface area contributed by atoms with E-state index in [-0.39, 0.29) is 5.91 Å². The van der Waals surface area contributed by atoms with Gasteiger partial charge in [-0.3, -0.25) is 4.79 Å². The quantitative estimate of drug-likeness (QED) is 0.755. The van der Waals surface area contributed by atoms with E-state index in [1.165, 1.54) is 0 Å². The summed E-state index contributed by atoms with van der Waals surface area (Å²) in [5.41, 5.74) is 1.04. The molecule has 0 unspecified atom stereocenters. The molecule has 0 spiro atoms. The first kappa shape index (κ1) is 17.5. The lowest BCUT2D eigenvalue weighted by Gasteiger charge is -2.07. The topological polar surface area (TPSA) is 59.8 Å². The fourth-order valence-corrected chi connectivity index (χ4v) is 2.95. The third-order valence-corrected chi connectivity index (χ3v) is 4.49. The smallest absolute Gasteiger partial charge is 0.220 e. The average molecular weight is 332 g/mol. The summed E-state index contributed by atoms with van der Waals surface area (Å²) in [5.74, 6) is 2.26. The van der Waals surface area contributed by atoms with Crippen LogP contribution in [0, 0.1) is 5.92 Å². The molecule has 5 nitrogen and oxygen atoms in total. The van der Waals surface area contributed by atoms with Gasteiger partial charge in [0.15, 0.2) is 11.0 Å². The van der Waals surface area contributed by atoms with Gasteiger partial charge in [-0.15, -0.1) is 10.2 Å². The zero-order valence-electron chi connectivity index (χ0n) is 14.0. The van der Waals surface area contributed by atoms with Crippen LogP contribution >= 0.6 is 11.8 Å². The van der Waals surface area contributed by atoms with Gasteiger partial charge < -0.3 is 9.88 Å². The first-order valence-electron chi connectivity index (χ1n) is 7.92. The second-order valence-electron chi connectivity index (χ2n) is 5.86. The zero-order valence-corrected chi connectivity index (χ0v) is 14.8. The normalized spacial score (nSPS) is 11.0. The number of aromatic nitrogens is 3. The number of hydrogen-bond donors (Lipinski definition) is 1. The Kier molecular flexibility index (Phi) is 6.65. The minimum Gasteiger partial charge on any atom is -0.356 e. The van der Waals surface area contributed by atoms with E-state index in [1.807, 2.05) is 41.9 Å². The Bertz CT molecular complexity index is 625. The third kappa shape index (κ3) is 5.39. The summed E-state index contributed by atoms with van der Waals surface area (Å²) in [5, 5.41) is 12.2. The van der Waals surface area contributed by atoms with E-state index in [9.17, 15) is 4.79 Å². The van der Waals surface area contributed by atoms with E-state index in [1.54, 1.807) is 11.8 Å². The minimum atomic E-state index is 0.101. The average Bonchev–Trinajstić information content (AvgIpc) is 2.89. The predicted molar refractivity (Wildman–Crippen MR) is 94.2 cm³/mol. The van der Waals surface area contributed by atoms with Gasteiger partial charge in [0.05, 0.1) is 0 Å². The Labute approximate surface area is 141 Å². The summed E-state index contributed by atoms with van der Waals surface area (Å²) >= 11 is 1.56. The highest BCUT2D eigenvalue weighted by Crippen LogP contribution is 2.22. The van der Waals surface area contributed by atoms with E-state index in [4.69, 9.17) is 0 Å². The molecule has 1 aromatic carbocycles. The Balaban J connectivity index is 1.81. The van der Waals surface area contributed by atoms with Crippen LogP contribution in [0.25, 0.3) is 11.4 Å². The number of carbonyl (C=O) groups excluding carboxylic acids is 1. The fraction of sp³-hybridized carbons (Fsp3) is 0.471. The maximum atomic E-state index is 11.8. The SMILES string of the molecule is CC(C)CCNC(=O)CCSc1nnc(-c2ccccc2)n1C. The van der Waals surface area contributed by atoms with Crippen molar-refractivity contribution in [3.05, 3.63) is 30.3 Å². The van der Waals surface area contributed by atoms with Crippen molar-refractivity contribution in [3.63, 3.8) is 0 Å². The molecule has 0 aliphatic heterocycles. The summed E-state index contributed by atoms with van der Waals surface area (Å²) in [7, 11) is 1.95.